The van der Waals surface area contributed by atoms with Crippen molar-refractivity contribution in [2.75, 3.05) is 0 Å². The number of rotatable bonds is 6. The summed E-state index contributed by atoms with van der Waals surface area (Å²) in [5, 5.41) is 8.77. The van der Waals surface area contributed by atoms with Crippen LogP contribution < -0.4 is 0 Å². The van der Waals surface area contributed by atoms with E-state index in [-0.39, 0.29) is 11.8 Å². The van der Waals surface area contributed by atoms with Gasteiger partial charge in [0.1, 0.15) is 0 Å². The Labute approximate surface area is 118 Å². The van der Waals surface area contributed by atoms with Gasteiger partial charge in [0.2, 0.25) is 0 Å². The van der Waals surface area contributed by atoms with E-state index in [1.165, 1.54) is 0 Å². The van der Waals surface area contributed by atoms with Crippen molar-refractivity contribution in [3.05, 3.63) is 37.1 Å². The molecular weight excluding hydrogens is 254 g/mol. The molecule has 0 bridgehead atoms. The zero-order valence-corrected chi connectivity index (χ0v) is 11.8. The van der Waals surface area contributed by atoms with Gasteiger partial charge in [-0.15, -0.1) is 0 Å². The minimum Gasteiger partial charge on any atom is -0.481 e. The summed E-state index contributed by atoms with van der Waals surface area (Å²) in [6.45, 7) is 4.88. The Morgan fingerprint density at radius 1 is 1.45 bits per heavy atom. The average molecular weight is 273 g/mol. The predicted molar refractivity (Wildman–Crippen MR) is 76.1 cm³/mol. The molecule has 0 aliphatic heterocycles. The first-order valence-corrected chi connectivity index (χ1v) is 6.60. The Bertz CT molecular complexity index is 576. The number of carbonyl (C=O) groups is 1. The van der Waals surface area contributed by atoms with Crippen molar-refractivity contribution >= 4 is 5.97 Å². The first kappa shape index (κ1) is 14.2. The largest absolute Gasteiger partial charge is 0.481 e. The van der Waals surface area contributed by atoms with Gasteiger partial charge in [-0.1, -0.05) is 13.8 Å². The predicted octanol–water partition coefficient (Wildman–Crippen LogP) is 2.84. The molecule has 0 aliphatic carbocycles. The summed E-state index contributed by atoms with van der Waals surface area (Å²) in [5.74, 6) is -0.750. The lowest BCUT2D eigenvalue weighted by Gasteiger charge is -2.24. The summed E-state index contributed by atoms with van der Waals surface area (Å²) in [6.07, 6.45) is 8.10. The maximum absolute atomic E-state index is 10.7. The van der Waals surface area contributed by atoms with E-state index in [0.717, 1.165) is 17.8 Å². The molecule has 0 saturated carbocycles. The van der Waals surface area contributed by atoms with Gasteiger partial charge in [0, 0.05) is 37.1 Å². The minimum atomic E-state index is -0.750. The molecule has 0 atom stereocenters. The number of carboxylic acid groups (broad SMARTS) is 1. The SMILES string of the molecule is CC(C)(CCC(=O)O)Cn1cnc(-c2cccnc2)c1. The van der Waals surface area contributed by atoms with Gasteiger partial charge in [-0.05, 0) is 24.0 Å². The Morgan fingerprint density at radius 3 is 2.90 bits per heavy atom. The second-order valence-electron chi connectivity index (χ2n) is 5.73. The Morgan fingerprint density at radius 2 is 2.25 bits per heavy atom. The molecule has 2 heterocycles. The molecule has 0 aliphatic rings. The van der Waals surface area contributed by atoms with Crippen LogP contribution in [0.1, 0.15) is 26.7 Å². The first-order valence-electron chi connectivity index (χ1n) is 6.60. The summed E-state index contributed by atoms with van der Waals surface area (Å²) in [5.41, 5.74) is 1.78. The number of hydrogen-bond acceptors (Lipinski definition) is 3. The van der Waals surface area contributed by atoms with Gasteiger partial charge in [0.15, 0.2) is 0 Å². The van der Waals surface area contributed by atoms with Crippen molar-refractivity contribution in [1.82, 2.24) is 14.5 Å². The molecule has 1 N–H and O–H groups in total. The number of carboxylic acids is 1. The second-order valence-corrected chi connectivity index (χ2v) is 5.73. The van der Waals surface area contributed by atoms with Gasteiger partial charge < -0.3 is 9.67 Å². The van der Waals surface area contributed by atoms with E-state index in [9.17, 15) is 4.79 Å². The van der Waals surface area contributed by atoms with Gasteiger partial charge in [-0.25, -0.2) is 4.98 Å². The Kier molecular flexibility index (Phi) is 4.17. The topological polar surface area (TPSA) is 68.0 Å². The third-order valence-corrected chi connectivity index (χ3v) is 3.22. The minimum absolute atomic E-state index is 0.0781. The van der Waals surface area contributed by atoms with E-state index in [1.807, 2.05) is 22.9 Å². The lowest BCUT2D eigenvalue weighted by atomic mass is 9.88. The third kappa shape index (κ3) is 3.91. The van der Waals surface area contributed by atoms with E-state index in [4.69, 9.17) is 5.11 Å². The van der Waals surface area contributed by atoms with E-state index < -0.39 is 5.97 Å². The van der Waals surface area contributed by atoms with Crippen LogP contribution in [0, 0.1) is 5.41 Å². The van der Waals surface area contributed by atoms with Crippen LogP contribution in [-0.2, 0) is 11.3 Å². The lowest BCUT2D eigenvalue weighted by Crippen LogP contribution is -2.20. The molecule has 2 aromatic rings. The van der Waals surface area contributed by atoms with Crippen molar-refractivity contribution in [1.29, 1.82) is 0 Å². The van der Waals surface area contributed by atoms with Crippen LogP contribution in [0.4, 0.5) is 0 Å². The number of pyridine rings is 1. The molecule has 0 spiro atoms. The number of imidazole rings is 1. The third-order valence-electron chi connectivity index (χ3n) is 3.22. The van der Waals surface area contributed by atoms with Crippen LogP contribution >= 0.6 is 0 Å². The number of nitrogens with zero attached hydrogens (tertiary/aromatic N) is 3. The molecule has 0 unspecified atom stereocenters. The van der Waals surface area contributed by atoms with Crippen LogP contribution in [0.2, 0.25) is 0 Å². The molecule has 0 radical (unpaired) electrons. The number of aromatic nitrogens is 3. The summed E-state index contributed by atoms with van der Waals surface area (Å²) < 4.78 is 2.00. The van der Waals surface area contributed by atoms with Gasteiger partial charge in [0.05, 0.1) is 12.0 Å². The van der Waals surface area contributed by atoms with Crippen LogP contribution in [0.25, 0.3) is 11.3 Å². The molecule has 5 heteroatoms. The molecule has 0 amide bonds. The average Bonchev–Trinajstić information content (AvgIpc) is 2.85. The Balaban J connectivity index is 2.04. The standard InChI is InChI=1S/C15H19N3O2/c1-15(2,6-5-14(19)20)10-18-9-13(17-11-18)12-4-3-7-16-8-12/h3-4,7-9,11H,5-6,10H2,1-2H3,(H,19,20). The van der Waals surface area contributed by atoms with Crippen LogP contribution in [-0.4, -0.2) is 25.6 Å². The molecule has 2 rings (SSSR count). The van der Waals surface area contributed by atoms with Crippen molar-refractivity contribution in [2.24, 2.45) is 5.41 Å². The highest BCUT2D eigenvalue weighted by Crippen LogP contribution is 2.25. The fraction of sp³-hybridized carbons (Fsp3) is 0.400. The fourth-order valence-corrected chi connectivity index (χ4v) is 2.13. The summed E-state index contributed by atoms with van der Waals surface area (Å²) in [7, 11) is 0. The number of aliphatic carboxylic acids is 1. The molecule has 0 aromatic carbocycles. The molecule has 106 valence electrons. The fourth-order valence-electron chi connectivity index (χ4n) is 2.13. The maximum atomic E-state index is 10.7. The van der Waals surface area contributed by atoms with Crippen LogP contribution in [0.5, 0.6) is 0 Å². The van der Waals surface area contributed by atoms with Crippen molar-refractivity contribution < 1.29 is 9.90 Å². The summed E-state index contributed by atoms with van der Waals surface area (Å²) in [4.78, 5) is 19.1. The Hall–Kier alpha value is -2.17. The van der Waals surface area contributed by atoms with Crippen molar-refractivity contribution in [3.8, 4) is 11.3 Å². The monoisotopic (exact) mass is 273 g/mol. The first-order chi connectivity index (χ1) is 9.46. The quantitative estimate of drug-likeness (QED) is 0.878. The normalized spacial score (nSPS) is 11.5. The maximum Gasteiger partial charge on any atom is 0.303 e. The van der Waals surface area contributed by atoms with E-state index >= 15 is 0 Å². The zero-order valence-electron chi connectivity index (χ0n) is 11.8. The lowest BCUT2D eigenvalue weighted by molar-refractivity contribution is -0.137. The molecule has 5 nitrogen and oxygen atoms in total. The van der Waals surface area contributed by atoms with Crippen molar-refractivity contribution in [2.45, 2.75) is 33.2 Å². The van der Waals surface area contributed by atoms with Crippen LogP contribution in [0.15, 0.2) is 37.1 Å². The second kappa shape index (κ2) is 5.86. The van der Waals surface area contributed by atoms with Crippen molar-refractivity contribution in [3.63, 3.8) is 0 Å². The van der Waals surface area contributed by atoms with E-state index in [0.29, 0.717) is 6.42 Å². The summed E-state index contributed by atoms with van der Waals surface area (Å²) >= 11 is 0. The van der Waals surface area contributed by atoms with E-state index in [2.05, 4.69) is 23.8 Å². The van der Waals surface area contributed by atoms with Gasteiger partial charge >= 0.3 is 5.97 Å². The van der Waals surface area contributed by atoms with Gasteiger partial charge in [-0.3, -0.25) is 9.78 Å². The summed E-state index contributed by atoms with van der Waals surface area (Å²) in [6, 6.07) is 3.85. The molecule has 0 fully saturated rings. The molecular formula is C15H19N3O2. The van der Waals surface area contributed by atoms with E-state index in [1.54, 1.807) is 18.7 Å². The highest BCUT2D eigenvalue weighted by atomic mass is 16.4. The number of hydrogen-bond donors (Lipinski definition) is 1. The highest BCUT2D eigenvalue weighted by molar-refractivity contribution is 5.66. The smallest absolute Gasteiger partial charge is 0.303 e. The highest BCUT2D eigenvalue weighted by Gasteiger charge is 2.20. The van der Waals surface area contributed by atoms with Gasteiger partial charge in [-0.2, -0.15) is 0 Å². The van der Waals surface area contributed by atoms with Crippen LogP contribution in [0.3, 0.4) is 0 Å². The molecule has 20 heavy (non-hydrogen) atoms. The molecule has 2 aromatic heterocycles. The molecule has 0 saturated heterocycles. The van der Waals surface area contributed by atoms with Gasteiger partial charge in [0.25, 0.3) is 0 Å². The zero-order chi connectivity index (χ0) is 14.6.